The highest BCUT2D eigenvalue weighted by Gasteiger charge is 2.39. The van der Waals surface area contributed by atoms with E-state index in [9.17, 15) is 14.4 Å². The summed E-state index contributed by atoms with van der Waals surface area (Å²) in [7, 11) is 1.95. The third-order valence-electron chi connectivity index (χ3n) is 6.96. The monoisotopic (exact) mass is 421 g/mol. The number of fused-ring (bicyclic) bond motifs is 1. The SMILES string of the molecule is CC1CCC(c2nc(-c3ccc4c(c3)CN(C3CCC(=O)NC3=O)C4=O)nn2C)CC1. The summed E-state index contributed by atoms with van der Waals surface area (Å²) in [5.41, 5.74) is 2.35. The van der Waals surface area contributed by atoms with Gasteiger partial charge in [-0.2, -0.15) is 5.10 Å². The first-order valence-electron chi connectivity index (χ1n) is 11.1. The van der Waals surface area contributed by atoms with Crippen LogP contribution in [0, 0.1) is 5.92 Å². The van der Waals surface area contributed by atoms with Gasteiger partial charge in [-0.3, -0.25) is 24.4 Å². The van der Waals surface area contributed by atoms with Crippen LogP contribution in [0.1, 0.15) is 73.1 Å². The van der Waals surface area contributed by atoms with Crippen molar-refractivity contribution in [2.24, 2.45) is 13.0 Å². The molecule has 2 aliphatic heterocycles. The largest absolute Gasteiger partial charge is 0.322 e. The van der Waals surface area contributed by atoms with Crippen molar-refractivity contribution in [3.8, 4) is 11.4 Å². The third kappa shape index (κ3) is 3.54. The highest BCUT2D eigenvalue weighted by molar-refractivity contribution is 6.05. The summed E-state index contributed by atoms with van der Waals surface area (Å²) in [6.45, 7) is 2.66. The first kappa shape index (κ1) is 19.9. The van der Waals surface area contributed by atoms with E-state index in [1.54, 1.807) is 11.0 Å². The van der Waals surface area contributed by atoms with Crippen LogP contribution in [-0.2, 0) is 23.2 Å². The smallest absolute Gasteiger partial charge is 0.255 e. The number of piperidine rings is 1. The molecule has 0 radical (unpaired) electrons. The van der Waals surface area contributed by atoms with Gasteiger partial charge in [-0.15, -0.1) is 0 Å². The fourth-order valence-corrected chi connectivity index (χ4v) is 5.11. The van der Waals surface area contributed by atoms with Crippen LogP contribution in [0.5, 0.6) is 0 Å². The van der Waals surface area contributed by atoms with Crippen molar-refractivity contribution < 1.29 is 14.4 Å². The van der Waals surface area contributed by atoms with Gasteiger partial charge < -0.3 is 4.90 Å². The van der Waals surface area contributed by atoms with Gasteiger partial charge in [0.2, 0.25) is 11.8 Å². The molecule has 1 unspecified atom stereocenters. The maximum Gasteiger partial charge on any atom is 0.255 e. The molecule has 5 rings (SSSR count). The molecule has 8 nitrogen and oxygen atoms in total. The number of carbonyl (C=O) groups excluding carboxylic acids is 3. The number of nitrogens with one attached hydrogen (secondary N) is 1. The van der Waals surface area contributed by atoms with Crippen molar-refractivity contribution in [3.05, 3.63) is 35.2 Å². The standard InChI is InChI=1S/C23H27N5O3/c1-13-3-5-14(6-4-13)21-25-20(26-27(21)2)15-7-8-17-16(11-15)12-28(23(17)31)18-9-10-19(29)24-22(18)30/h7-8,11,13-14,18H,3-6,9-10,12H2,1-2H3,(H,24,29,30). The van der Waals surface area contributed by atoms with E-state index >= 15 is 0 Å². The van der Waals surface area contributed by atoms with Crippen LogP contribution in [0.2, 0.25) is 0 Å². The van der Waals surface area contributed by atoms with Gasteiger partial charge in [-0.1, -0.05) is 25.8 Å². The van der Waals surface area contributed by atoms with Gasteiger partial charge in [0.15, 0.2) is 5.82 Å². The number of aryl methyl sites for hydroxylation is 1. The van der Waals surface area contributed by atoms with Crippen LogP contribution in [0.4, 0.5) is 0 Å². The van der Waals surface area contributed by atoms with Gasteiger partial charge in [-0.05, 0) is 42.9 Å². The molecule has 0 bridgehead atoms. The summed E-state index contributed by atoms with van der Waals surface area (Å²) in [5.74, 6) is 2.09. The molecule has 3 heterocycles. The Bertz CT molecular complexity index is 1070. The van der Waals surface area contributed by atoms with E-state index in [1.807, 2.05) is 23.9 Å². The molecule has 162 valence electrons. The van der Waals surface area contributed by atoms with Crippen molar-refractivity contribution in [2.45, 2.75) is 64.0 Å². The van der Waals surface area contributed by atoms with Crippen molar-refractivity contribution >= 4 is 17.7 Å². The van der Waals surface area contributed by atoms with E-state index in [0.29, 0.717) is 30.3 Å². The molecular formula is C23H27N5O3. The van der Waals surface area contributed by atoms with E-state index in [2.05, 4.69) is 17.3 Å². The van der Waals surface area contributed by atoms with Gasteiger partial charge in [0.25, 0.3) is 5.91 Å². The Morgan fingerprint density at radius 3 is 2.58 bits per heavy atom. The Labute approximate surface area is 181 Å². The number of imide groups is 1. The normalized spacial score (nSPS) is 26.2. The minimum atomic E-state index is -0.602. The molecule has 1 aromatic carbocycles. The number of nitrogens with zero attached hydrogens (tertiary/aromatic N) is 4. The Balaban J connectivity index is 1.38. The average Bonchev–Trinajstić information content (AvgIpc) is 3.29. The molecule has 1 aromatic heterocycles. The molecule has 3 aliphatic rings. The zero-order valence-corrected chi connectivity index (χ0v) is 17.9. The van der Waals surface area contributed by atoms with Gasteiger partial charge in [0.1, 0.15) is 11.9 Å². The molecule has 1 N–H and O–H groups in total. The topological polar surface area (TPSA) is 97.2 Å². The lowest BCUT2D eigenvalue weighted by Gasteiger charge is -2.29. The molecule has 8 heteroatoms. The van der Waals surface area contributed by atoms with E-state index < -0.39 is 11.9 Å². The Morgan fingerprint density at radius 2 is 1.84 bits per heavy atom. The van der Waals surface area contributed by atoms with E-state index in [1.165, 1.54) is 12.8 Å². The summed E-state index contributed by atoms with van der Waals surface area (Å²) in [6, 6.07) is 5.04. The number of aromatic nitrogens is 3. The summed E-state index contributed by atoms with van der Waals surface area (Å²) in [6.07, 6.45) is 5.36. The second kappa shape index (κ2) is 7.59. The van der Waals surface area contributed by atoms with Gasteiger partial charge in [0, 0.05) is 37.1 Å². The fraction of sp³-hybridized carbons (Fsp3) is 0.522. The van der Waals surface area contributed by atoms with Crippen molar-refractivity contribution in [2.75, 3.05) is 0 Å². The third-order valence-corrected chi connectivity index (χ3v) is 6.96. The lowest BCUT2D eigenvalue weighted by atomic mass is 9.82. The minimum Gasteiger partial charge on any atom is -0.322 e. The molecule has 1 atom stereocenters. The van der Waals surface area contributed by atoms with Crippen LogP contribution in [0.25, 0.3) is 11.4 Å². The van der Waals surface area contributed by atoms with Crippen LogP contribution in [-0.4, -0.2) is 43.4 Å². The maximum absolute atomic E-state index is 12.9. The highest BCUT2D eigenvalue weighted by atomic mass is 16.2. The number of benzene rings is 1. The van der Waals surface area contributed by atoms with Crippen LogP contribution in [0.15, 0.2) is 18.2 Å². The molecule has 2 fully saturated rings. The predicted octanol–water partition coefficient (Wildman–Crippen LogP) is 2.54. The maximum atomic E-state index is 12.9. The summed E-state index contributed by atoms with van der Waals surface area (Å²) >= 11 is 0. The molecule has 1 saturated carbocycles. The number of hydrogen-bond acceptors (Lipinski definition) is 5. The second-order valence-electron chi connectivity index (χ2n) is 9.15. The first-order chi connectivity index (χ1) is 14.9. The van der Waals surface area contributed by atoms with Crippen molar-refractivity contribution in [1.82, 2.24) is 25.0 Å². The van der Waals surface area contributed by atoms with E-state index in [0.717, 1.165) is 35.7 Å². The Hall–Kier alpha value is -3.03. The number of hydrogen-bond donors (Lipinski definition) is 1. The molecule has 2 aromatic rings. The summed E-state index contributed by atoms with van der Waals surface area (Å²) < 4.78 is 1.89. The molecule has 0 spiro atoms. The minimum absolute atomic E-state index is 0.165. The summed E-state index contributed by atoms with van der Waals surface area (Å²) in [4.78, 5) is 43.0. The Kier molecular flexibility index (Phi) is 4.87. The molecule has 31 heavy (non-hydrogen) atoms. The molecule has 1 aliphatic carbocycles. The fourth-order valence-electron chi connectivity index (χ4n) is 5.11. The van der Waals surface area contributed by atoms with Crippen molar-refractivity contribution in [3.63, 3.8) is 0 Å². The lowest BCUT2D eigenvalue weighted by Crippen LogP contribution is -2.52. The number of rotatable bonds is 3. The highest BCUT2D eigenvalue weighted by Crippen LogP contribution is 2.36. The van der Waals surface area contributed by atoms with Gasteiger partial charge in [0.05, 0.1) is 0 Å². The summed E-state index contributed by atoms with van der Waals surface area (Å²) in [5, 5.41) is 6.99. The molecule has 1 saturated heterocycles. The van der Waals surface area contributed by atoms with E-state index in [4.69, 9.17) is 4.98 Å². The van der Waals surface area contributed by atoms with Crippen molar-refractivity contribution in [1.29, 1.82) is 0 Å². The average molecular weight is 422 g/mol. The van der Waals surface area contributed by atoms with Crippen LogP contribution >= 0.6 is 0 Å². The second-order valence-corrected chi connectivity index (χ2v) is 9.15. The predicted molar refractivity (Wildman–Crippen MR) is 113 cm³/mol. The first-order valence-corrected chi connectivity index (χ1v) is 11.1. The molecule has 3 amide bonds. The van der Waals surface area contributed by atoms with Crippen LogP contribution < -0.4 is 5.32 Å². The number of amides is 3. The Morgan fingerprint density at radius 1 is 1.06 bits per heavy atom. The zero-order chi connectivity index (χ0) is 21.7. The molecular weight excluding hydrogens is 394 g/mol. The van der Waals surface area contributed by atoms with Gasteiger partial charge >= 0.3 is 0 Å². The van der Waals surface area contributed by atoms with E-state index in [-0.39, 0.29) is 18.2 Å². The lowest BCUT2D eigenvalue weighted by molar-refractivity contribution is -0.136. The van der Waals surface area contributed by atoms with Crippen LogP contribution in [0.3, 0.4) is 0 Å². The number of carbonyl (C=O) groups is 3. The zero-order valence-electron chi connectivity index (χ0n) is 17.9. The quantitative estimate of drug-likeness (QED) is 0.768. The van der Waals surface area contributed by atoms with Gasteiger partial charge in [-0.25, -0.2) is 4.98 Å².